The third-order valence-electron chi connectivity index (χ3n) is 3.32. The molecule has 5 nitrogen and oxygen atoms in total. The fourth-order valence-electron chi connectivity index (χ4n) is 2.44. The highest BCUT2D eigenvalue weighted by atomic mass is 35.5. The van der Waals surface area contributed by atoms with E-state index in [1.54, 1.807) is 0 Å². The second-order valence-corrected chi connectivity index (χ2v) is 5.20. The average Bonchev–Trinajstić information content (AvgIpc) is 2.41. The van der Waals surface area contributed by atoms with E-state index in [1.165, 1.54) is 17.0 Å². The van der Waals surface area contributed by atoms with Gasteiger partial charge in [0.15, 0.2) is 6.10 Å². The second-order valence-electron chi connectivity index (χ2n) is 4.77. The highest BCUT2D eigenvalue weighted by Gasteiger charge is 2.42. The van der Waals surface area contributed by atoms with Crippen LogP contribution < -0.4 is 0 Å². The van der Waals surface area contributed by atoms with Crippen LogP contribution in [0.4, 0.5) is 4.39 Å². The average molecular weight is 316 g/mol. The minimum atomic E-state index is -1.30. The van der Waals surface area contributed by atoms with Gasteiger partial charge in [0, 0.05) is 17.1 Å². The standard InChI is InChI=1S/C14H15ClFNO4/c1-2-5-17-11(18)7-21-13(14(19)20)12(17)9-4-3-8(15)6-10(9)16/h3-4,6,12-13H,2,5,7H2,1H3,(H,19,20). The lowest BCUT2D eigenvalue weighted by atomic mass is 9.97. The molecule has 1 aromatic rings. The molecule has 2 unspecified atom stereocenters. The monoisotopic (exact) mass is 315 g/mol. The van der Waals surface area contributed by atoms with Crippen molar-refractivity contribution in [2.24, 2.45) is 0 Å². The Balaban J connectivity index is 2.48. The van der Waals surface area contributed by atoms with Gasteiger partial charge in [0.05, 0.1) is 6.04 Å². The van der Waals surface area contributed by atoms with Gasteiger partial charge in [0.2, 0.25) is 5.91 Å². The Bertz CT molecular complexity index is 566. The fraction of sp³-hybridized carbons (Fsp3) is 0.429. The van der Waals surface area contributed by atoms with Gasteiger partial charge < -0.3 is 14.7 Å². The number of nitrogens with zero attached hydrogens (tertiary/aromatic N) is 1. The molecule has 0 bridgehead atoms. The molecule has 0 aromatic heterocycles. The molecule has 1 heterocycles. The molecule has 1 fully saturated rings. The maximum Gasteiger partial charge on any atom is 0.335 e. The van der Waals surface area contributed by atoms with E-state index in [-0.39, 0.29) is 23.1 Å². The Morgan fingerprint density at radius 2 is 2.29 bits per heavy atom. The van der Waals surface area contributed by atoms with Crippen molar-refractivity contribution in [2.75, 3.05) is 13.2 Å². The smallest absolute Gasteiger partial charge is 0.335 e. The Morgan fingerprint density at radius 1 is 1.57 bits per heavy atom. The molecule has 2 rings (SSSR count). The van der Waals surface area contributed by atoms with Crippen LogP contribution in [0, 0.1) is 5.82 Å². The van der Waals surface area contributed by atoms with Crippen molar-refractivity contribution in [1.29, 1.82) is 0 Å². The number of ether oxygens (including phenoxy) is 1. The van der Waals surface area contributed by atoms with Crippen molar-refractivity contribution >= 4 is 23.5 Å². The van der Waals surface area contributed by atoms with Gasteiger partial charge in [-0.15, -0.1) is 0 Å². The third-order valence-corrected chi connectivity index (χ3v) is 3.55. The van der Waals surface area contributed by atoms with Crippen LogP contribution in [-0.2, 0) is 14.3 Å². The maximum absolute atomic E-state index is 14.1. The van der Waals surface area contributed by atoms with Gasteiger partial charge in [-0.3, -0.25) is 4.79 Å². The molecule has 1 aliphatic heterocycles. The highest BCUT2D eigenvalue weighted by Crippen LogP contribution is 2.33. The lowest BCUT2D eigenvalue weighted by Gasteiger charge is -2.39. The van der Waals surface area contributed by atoms with Crippen LogP contribution in [0.15, 0.2) is 18.2 Å². The Morgan fingerprint density at radius 3 is 2.86 bits per heavy atom. The predicted molar refractivity (Wildman–Crippen MR) is 73.5 cm³/mol. The van der Waals surface area contributed by atoms with Crippen molar-refractivity contribution in [1.82, 2.24) is 4.90 Å². The maximum atomic E-state index is 14.1. The van der Waals surface area contributed by atoms with Gasteiger partial charge in [0.1, 0.15) is 12.4 Å². The molecule has 7 heteroatoms. The minimum Gasteiger partial charge on any atom is -0.479 e. The van der Waals surface area contributed by atoms with Crippen LogP contribution in [-0.4, -0.2) is 41.1 Å². The molecule has 0 saturated carbocycles. The summed E-state index contributed by atoms with van der Waals surface area (Å²) in [6, 6.07) is 2.95. The summed E-state index contributed by atoms with van der Waals surface area (Å²) in [5.74, 6) is -2.24. The number of hydrogen-bond donors (Lipinski definition) is 1. The lowest BCUT2D eigenvalue weighted by Crippen LogP contribution is -2.52. The van der Waals surface area contributed by atoms with E-state index in [2.05, 4.69) is 0 Å². The first-order chi connectivity index (χ1) is 9.95. The minimum absolute atomic E-state index is 0.0910. The number of benzene rings is 1. The van der Waals surface area contributed by atoms with Crippen LogP contribution in [0.25, 0.3) is 0 Å². The molecule has 1 N–H and O–H groups in total. The molecule has 1 aliphatic rings. The van der Waals surface area contributed by atoms with E-state index in [1.807, 2.05) is 6.92 Å². The molecule has 2 atom stereocenters. The van der Waals surface area contributed by atoms with Crippen LogP contribution in [0.2, 0.25) is 5.02 Å². The molecular formula is C14H15ClFNO4. The fourth-order valence-corrected chi connectivity index (χ4v) is 2.60. The Hall–Kier alpha value is -1.66. The molecule has 1 aromatic carbocycles. The van der Waals surface area contributed by atoms with Crippen LogP contribution >= 0.6 is 11.6 Å². The summed E-state index contributed by atoms with van der Waals surface area (Å²) in [7, 11) is 0. The SMILES string of the molecule is CCCN1C(=O)COC(C(=O)O)C1c1ccc(Cl)cc1F. The van der Waals surface area contributed by atoms with Gasteiger partial charge in [-0.25, -0.2) is 9.18 Å². The van der Waals surface area contributed by atoms with E-state index in [0.29, 0.717) is 13.0 Å². The number of amides is 1. The number of aliphatic carboxylic acids is 1. The molecule has 114 valence electrons. The number of rotatable bonds is 4. The van der Waals surface area contributed by atoms with E-state index < -0.39 is 23.9 Å². The first-order valence-electron chi connectivity index (χ1n) is 6.54. The number of carboxylic acids is 1. The topological polar surface area (TPSA) is 66.8 Å². The van der Waals surface area contributed by atoms with Gasteiger partial charge >= 0.3 is 5.97 Å². The summed E-state index contributed by atoms with van der Waals surface area (Å²) < 4.78 is 19.2. The van der Waals surface area contributed by atoms with E-state index in [9.17, 15) is 19.1 Å². The molecule has 0 radical (unpaired) electrons. The van der Waals surface area contributed by atoms with Crippen molar-refractivity contribution in [3.63, 3.8) is 0 Å². The van der Waals surface area contributed by atoms with Crippen molar-refractivity contribution < 1.29 is 23.8 Å². The second kappa shape index (κ2) is 6.41. The normalized spacial score (nSPS) is 22.4. The van der Waals surface area contributed by atoms with Crippen LogP contribution in [0.5, 0.6) is 0 Å². The number of carboxylic acid groups (broad SMARTS) is 1. The molecular weight excluding hydrogens is 301 g/mol. The summed E-state index contributed by atoms with van der Waals surface area (Å²) in [6.45, 7) is 1.87. The van der Waals surface area contributed by atoms with Crippen LogP contribution in [0.3, 0.4) is 0 Å². The highest BCUT2D eigenvalue weighted by molar-refractivity contribution is 6.30. The molecule has 0 spiro atoms. The quantitative estimate of drug-likeness (QED) is 0.925. The first-order valence-corrected chi connectivity index (χ1v) is 6.92. The van der Waals surface area contributed by atoms with Gasteiger partial charge in [-0.05, 0) is 18.6 Å². The van der Waals surface area contributed by atoms with Gasteiger partial charge in [-0.2, -0.15) is 0 Å². The van der Waals surface area contributed by atoms with E-state index in [4.69, 9.17) is 16.3 Å². The number of hydrogen-bond acceptors (Lipinski definition) is 3. The number of halogens is 2. The number of morpholine rings is 1. The zero-order valence-corrected chi connectivity index (χ0v) is 12.1. The van der Waals surface area contributed by atoms with E-state index in [0.717, 1.165) is 6.07 Å². The Kier molecular flexibility index (Phi) is 4.80. The number of carbonyl (C=O) groups excluding carboxylic acids is 1. The zero-order chi connectivity index (χ0) is 15.6. The molecule has 21 heavy (non-hydrogen) atoms. The van der Waals surface area contributed by atoms with Crippen molar-refractivity contribution in [3.05, 3.63) is 34.6 Å². The van der Waals surface area contributed by atoms with Crippen molar-refractivity contribution in [2.45, 2.75) is 25.5 Å². The molecule has 1 amide bonds. The van der Waals surface area contributed by atoms with E-state index >= 15 is 0 Å². The lowest BCUT2D eigenvalue weighted by molar-refractivity contribution is -0.173. The predicted octanol–water partition coefficient (Wildman–Crippen LogP) is 2.24. The summed E-state index contributed by atoms with van der Waals surface area (Å²) in [4.78, 5) is 24.7. The molecule has 0 aliphatic carbocycles. The largest absolute Gasteiger partial charge is 0.479 e. The third kappa shape index (κ3) is 3.16. The summed E-state index contributed by atoms with van der Waals surface area (Å²) in [5.41, 5.74) is 0.0910. The zero-order valence-electron chi connectivity index (χ0n) is 11.4. The van der Waals surface area contributed by atoms with Gasteiger partial charge in [0.25, 0.3) is 0 Å². The summed E-state index contributed by atoms with van der Waals surface area (Å²) in [5, 5.41) is 9.48. The molecule has 1 saturated heterocycles. The van der Waals surface area contributed by atoms with Gasteiger partial charge in [-0.1, -0.05) is 24.6 Å². The van der Waals surface area contributed by atoms with Crippen molar-refractivity contribution in [3.8, 4) is 0 Å². The first kappa shape index (κ1) is 15.7. The summed E-state index contributed by atoms with van der Waals surface area (Å²) >= 11 is 5.71. The summed E-state index contributed by atoms with van der Waals surface area (Å²) in [6.07, 6.45) is -0.672. The number of carbonyl (C=O) groups is 2. The van der Waals surface area contributed by atoms with Crippen LogP contribution in [0.1, 0.15) is 24.9 Å². The Labute approximate surface area is 126 Å².